The van der Waals surface area contributed by atoms with Crippen molar-refractivity contribution >= 4 is 0 Å². The van der Waals surface area contributed by atoms with Crippen molar-refractivity contribution in [2.45, 2.75) is 0 Å². The van der Waals surface area contributed by atoms with E-state index in [-0.39, 0.29) is 0 Å². The second-order valence-electron chi connectivity index (χ2n) is 4.47. The van der Waals surface area contributed by atoms with E-state index in [1.807, 2.05) is 66.7 Å². The van der Waals surface area contributed by atoms with Crippen LogP contribution in [0, 0.1) is 11.3 Å². The first-order chi connectivity index (χ1) is 9.86. The maximum atomic E-state index is 8.97. The van der Waals surface area contributed by atoms with Crippen LogP contribution in [0.2, 0.25) is 0 Å². The maximum absolute atomic E-state index is 8.97. The smallest absolute Gasteiger partial charge is 0.0991 e. The summed E-state index contributed by atoms with van der Waals surface area (Å²) in [4.78, 5) is 4.68. The number of nitriles is 1. The lowest BCUT2D eigenvalue weighted by atomic mass is 10.1. The van der Waals surface area contributed by atoms with E-state index in [2.05, 4.69) is 11.1 Å². The summed E-state index contributed by atoms with van der Waals surface area (Å²) >= 11 is 0. The normalized spacial score (nSPS) is 9.95. The number of benzene rings is 2. The van der Waals surface area contributed by atoms with E-state index in [0.29, 0.717) is 5.56 Å². The molecule has 1 heterocycles. The highest BCUT2D eigenvalue weighted by atomic mass is 14.7. The van der Waals surface area contributed by atoms with Gasteiger partial charge in [-0.1, -0.05) is 48.5 Å². The molecule has 2 nitrogen and oxygen atoms in total. The average molecular weight is 256 g/mol. The molecule has 0 aliphatic heterocycles. The van der Waals surface area contributed by atoms with Crippen LogP contribution in [-0.4, -0.2) is 4.98 Å². The molecule has 0 unspecified atom stereocenters. The summed E-state index contributed by atoms with van der Waals surface area (Å²) in [6.07, 6.45) is 0. The standard InChI is InChI=1S/C18H12N2/c19-13-14-6-4-9-16(12-14)18-11-5-10-17(20-18)15-7-2-1-3-8-15/h1-12H. The molecule has 0 atom stereocenters. The Hall–Kier alpha value is -2.92. The summed E-state index contributed by atoms with van der Waals surface area (Å²) in [5, 5.41) is 8.97. The van der Waals surface area contributed by atoms with Gasteiger partial charge in [0.1, 0.15) is 0 Å². The first-order valence-corrected chi connectivity index (χ1v) is 6.40. The molecule has 20 heavy (non-hydrogen) atoms. The van der Waals surface area contributed by atoms with Gasteiger partial charge in [-0.15, -0.1) is 0 Å². The molecule has 94 valence electrons. The van der Waals surface area contributed by atoms with Crippen LogP contribution in [-0.2, 0) is 0 Å². The van der Waals surface area contributed by atoms with Crippen LogP contribution < -0.4 is 0 Å². The fourth-order valence-electron chi connectivity index (χ4n) is 2.11. The second kappa shape index (κ2) is 5.38. The van der Waals surface area contributed by atoms with Gasteiger partial charge in [0.05, 0.1) is 23.0 Å². The zero-order chi connectivity index (χ0) is 13.8. The minimum Gasteiger partial charge on any atom is -0.248 e. The number of rotatable bonds is 2. The molecule has 2 aromatic carbocycles. The summed E-state index contributed by atoms with van der Waals surface area (Å²) < 4.78 is 0. The molecule has 0 bridgehead atoms. The molecular formula is C18H12N2. The lowest BCUT2D eigenvalue weighted by Crippen LogP contribution is -1.88. The van der Waals surface area contributed by atoms with Crippen molar-refractivity contribution in [3.8, 4) is 28.6 Å². The zero-order valence-electron chi connectivity index (χ0n) is 10.8. The van der Waals surface area contributed by atoms with E-state index >= 15 is 0 Å². The predicted octanol–water partition coefficient (Wildman–Crippen LogP) is 4.29. The summed E-state index contributed by atoms with van der Waals surface area (Å²) in [7, 11) is 0. The Kier molecular flexibility index (Phi) is 3.26. The Morgan fingerprint density at radius 3 is 2.10 bits per heavy atom. The van der Waals surface area contributed by atoms with E-state index in [1.54, 1.807) is 6.07 Å². The van der Waals surface area contributed by atoms with E-state index in [4.69, 9.17) is 5.26 Å². The van der Waals surface area contributed by atoms with Crippen LogP contribution in [0.1, 0.15) is 5.56 Å². The first-order valence-electron chi connectivity index (χ1n) is 6.40. The van der Waals surface area contributed by atoms with Gasteiger partial charge in [0.25, 0.3) is 0 Å². The first kappa shape index (κ1) is 12.1. The topological polar surface area (TPSA) is 36.7 Å². The fourth-order valence-corrected chi connectivity index (χ4v) is 2.11. The van der Waals surface area contributed by atoms with Crippen LogP contribution in [0.3, 0.4) is 0 Å². The highest BCUT2D eigenvalue weighted by Crippen LogP contribution is 2.22. The summed E-state index contributed by atoms with van der Waals surface area (Å²) in [6, 6.07) is 25.7. The van der Waals surface area contributed by atoms with Crippen molar-refractivity contribution in [1.82, 2.24) is 4.98 Å². The molecule has 0 N–H and O–H groups in total. The van der Waals surface area contributed by atoms with Crippen molar-refractivity contribution in [3.63, 3.8) is 0 Å². The summed E-state index contributed by atoms with van der Waals surface area (Å²) in [5.74, 6) is 0. The van der Waals surface area contributed by atoms with Gasteiger partial charge in [-0.3, -0.25) is 0 Å². The van der Waals surface area contributed by atoms with Gasteiger partial charge in [-0.2, -0.15) is 5.26 Å². The molecule has 3 aromatic rings. The Balaban J connectivity index is 2.06. The molecule has 0 fully saturated rings. The van der Waals surface area contributed by atoms with Crippen LogP contribution in [0.25, 0.3) is 22.5 Å². The Bertz CT molecular complexity index is 771. The van der Waals surface area contributed by atoms with E-state index in [0.717, 1.165) is 22.5 Å². The molecule has 2 heteroatoms. The van der Waals surface area contributed by atoms with Gasteiger partial charge in [0.2, 0.25) is 0 Å². The largest absolute Gasteiger partial charge is 0.248 e. The highest BCUT2D eigenvalue weighted by molar-refractivity contribution is 5.66. The lowest BCUT2D eigenvalue weighted by molar-refractivity contribution is 1.32. The minimum atomic E-state index is 0.648. The minimum absolute atomic E-state index is 0.648. The molecule has 0 spiro atoms. The number of aromatic nitrogens is 1. The van der Waals surface area contributed by atoms with Gasteiger partial charge in [0.15, 0.2) is 0 Å². The fraction of sp³-hybridized carbons (Fsp3) is 0. The Labute approximate surface area is 118 Å². The van der Waals surface area contributed by atoms with Crippen molar-refractivity contribution in [2.75, 3.05) is 0 Å². The lowest BCUT2D eigenvalue weighted by Gasteiger charge is -2.05. The molecule has 3 rings (SSSR count). The molecule has 0 aliphatic carbocycles. The third kappa shape index (κ3) is 2.43. The van der Waals surface area contributed by atoms with Crippen molar-refractivity contribution in [2.24, 2.45) is 0 Å². The average Bonchev–Trinajstić information content (AvgIpc) is 2.56. The van der Waals surface area contributed by atoms with Gasteiger partial charge < -0.3 is 0 Å². The van der Waals surface area contributed by atoms with E-state index in [1.165, 1.54) is 0 Å². The highest BCUT2D eigenvalue weighted by Gasteiger charge is 2.03. The van der Waals surface area contributed by atoms with Crippen molar-refractivity contribution in [1.29, 1.82) is 5.26 Å². The monoisotopic (exact) mass is 256 g/mol. The van der Waals surface area contributed by atoms with Crippen LogP contribution >= 0.6 is 0 Å². The zero-order valence-corrected chi connectivity index (χ0v) is 10.8. The molecular weight excluding hydrogens is 244 g/mol. The SMILES string of the molecule is N#Cc1cccc(-c2cccc(-c3ccccc3)n2)c1. The third-order valence-electron chi connectivity index (χ3n) is 3.11. The Morgan fingerprint density at radius 1 is 0.700 bits per heavy atom. The molecule has 0 aliphatic rings. The number of pyridine rings is 1. The maximum Gasteiger partial charge on any atom is 0.0991 e. The van der Waals surface area contributed by atoms with Gasteiger partial charge in [0, 0.05) is 11.1 Å². The number of hydrogen-bond acceptors (Lipinski definition) is 2. The Morgan fingerprint density at radius 2 is 1.35 bits per heavy atom. The molecule has 0 radical (unpaired) electrons. The quantitative estimate of drug-likeness (QED) is 0.686. The number of hydrogen-bond donors (Lipinski definition) is 0. The molecule has 0 saturated heterocycles. The van der Waals surface area contributed by atoms with Crippen LogP contribution in [0.5, 0.6) is 0 Å². The van der Waals surface area contributed by atoms with Crippen LogP contribution in [0.4, 0.5) is 0 Å². The van der Waals surface area contributed by atoms with Crippen molar-refractivity contribution in [3.05, 3.63) is 78.4 Å². The summed E-state index contributed by atoms with van der Waals surface area (Å²) in [6.45, 7) is 0. The molecule has 1 aromatic heterocycles. The predicted molar refractivity (Wildman–Crippen MR) is 79.8 cm³/mol. The van der Waals surface area contributed by atoms with Gasteiger partial charge in [-0.25, -0.2) is 4.98 Å². The number of nitrogens with zero attached hydrogens (tertiary/aromatic N) is 2. The molecule has 0 saturated carbocycles. The van der Waals surface area contributed by atoms with Gasteiger partial charge >= 0.3 is 0 Å². The van der Waals surface area contributed by atoms with E-state index < -0.39 is 0 Å². The van der Waals surface area contributed by atoms with Crippen LogP contribution in [0.15, 0.2) is 72.8 Å². The molecule has 0 amide bonds. The third-order valence-corrected chi connectivity index (χ3v) is 3.11. The summed E-state index contributed by atoms with van der Waals surface area (Å²) in [5.41, 5.74) is 4.51. The van der Waals surface area contributed by atoms with Crippen molar-refractivity contribution < 1.29 is 0 Å². The van der Waals surface area contributed by atoms with E-state index in [9.17, 15) is 0 Å². The second-order valence-corrected chi connectivity index (χ2v) is 4.47. The van der Waals surface area contributed by atoms with Gasteiger partial charge in [-0.05, 0) is 24.3 Å².